The van der Waals surface area contributed by atoms with E-state index in [-0.39, 0.29) is 0 Å². The number of aromatic nitrogens is 5. The Morgan fingerprint density at radius 2 is 1.49 bits per heavy atom. The highest BCUT2D eigenvalue weighted by atomic mass is 16.3. The van der Waals surface area contributed by atoms with Crippen molar-refractivity contribution in [2.45, 2.75) is 0 Å². The lowest BCUT2D eigenvalue weighted by atomic mass is 10.1. The predicted molar refractivity (Wildman–Crippen MR) is 146 cm³/mol. The standard InChI is InChI=1S/C31H19N5O/c1-2-8-22(9-3-1)35-30-29(23-10-4-5-12-28(23)37-30)36-27-16-14-20(18-26(27)34-31(35)36)21-13-15-25(33-19-21)24-11-6-7-17-32-24/h1-19H. The number of benzene rings is 3. The molecule has 5 heterocycles. The van der Waals surface area contributed by atoms with Crippen molar-refractivity contribution in [2.75, 3.05) is 0 Å². The van der Waals surface area contributed by atoms with Crippen LogP contribution in [-0.4, -0.2) is 23.9 Å². The molecule has 3 aromatic carbocycles. The lowest BCUT2D eigenvalue weighted by molar-refractivity contribution is 0.645. The van der Waals surface area contributed by atoms with E-state index < -0.39 is 0 Å². The van der Waals surface area contributed by atoms with E-state index in [1.165, 1.54) is 0 Å². The Labute approximate surface area is 211 Å². The lowest BCUT2D eigenvalue weighted by Crippen LogP contribution is -1.94. The molecule has 0 unspecified atom stereocenters. The Kier molecular flexibility index (Phi) is 4.13. The zero-order valence-corrected chi connectivity index (χ0v) is 19.6. The highest BCUT2D eigenvalue weighted by molar-refractivity contribution is 6.06. The van der Waals surface area contributed by atoms with Crippen molar-refractivity contribution in [1.29, 1.82) is 0 Å². The third kappa shape index (κ3) is 2.96. The number of hydrogen-bond donors (Lipinski definition) is 0. The number of fused-ring (bicyclic) bond motifs is 7. The fraction of sp³-hybridized carbons (Fsp3) is 0. The van der Waals surface area contributed by atoms with Gasteiger partial charge in [0.1, 0.15) is 11.1 Å². The van der Waals surface area contributed by atoms with Crippen LogP contribution in [0.3, 0.4) is 0 Å². The number of nitrogens with zero attached hydrogens (tertiary/aromatic N) is 5. The summed E-state index contributed by atoms with van der Waals surface area (Å²) in [7, 11) is 0. The molecule has 6 nitrogen and oxygen atoms in total. The molecular weight excluding hydrogens is 458 g/mol. The highest BCUT2D eigenvalue weighted by Crippen LogP contribution is 2.36. The quantitative estimate of drug-likeness (QED) is 0.268. The van der Waals surface area contributed by atoms with Crippen molar-refractivity contribution >= 4 is 39.0 Å². The molecule has 6 heteroatoms. The number of imidazole rings is 2. The SMILES string of the molecule is c1ccc(-n2c3oc4ccccc4c3n3c4ccc(-c5ccc(-c6ccccn6)nc5)cc4nc23)cc1. The normalized spacial score (nSPS) is 11.8. The first-order valence-corrected chi connectivity index (χ1v) is 12.1. The summed E-state index contributed by atoms with van der Waals surface area (Å²) in [6.45, 7) is 0. The summed E-state index contributed by atoms with van der Waals surface area (Å²) in [6.07, 6.45) is 3.68. The lowest BCUT2D eigenvalue weighted by Gasteiger charge is -2.04. The molecule has 37 heavy (non-hydrogen) atoms. The van der Waals surface area contributed by atoms with Crippen LogP contribution in [0.2, 0.25) is 0 Å². The van der Waals surface area contributed by atoms with Crippen LogP contribution in [0, 0.1) is 0 Å². The first kappa shape index (κ1) is 20.0. The highest BCUT2D eigenvalue weighted by Gasteiger charge is 2.22. The van der Waals surface area contributed by atoms with Gasteiger partial charge in [0, 0.05) is 23.3 Å². The fourth-order valence-corrected chi connectivity index (χ4v) is 5.14. The van der Waals surface area contributed by atoms with Crippen LogP contribution >= 0.6 is 0 Å². The van der Waals surface area contributed by atoms with Gasteiger partial charge in [-0.1, -0.05) is 48.5 Å². The van der Waals surface area contributed by atoms with Crippen LogP contribution in [0.1, 0.15) is 0 Å². The molecule has 5 aromatic heterocycles. The zero-order chi connectivity index (χ0) is 24.3. The Morgan fingerprint density at radius 1 is 0.676 bits per heavy atom. The smallest absolute Gasteiger partial charge is 0.232 e. The Morgan fingerprint density at radius 3 is 2.32 bits per heavy atom. The molecule has 0 bridgehead atoms. The second kappa shape index (κ2) is 7.63. The van der Waals surface area contributed by atoms with E-state index in [0.29, 0.717) is 0 Å². The molecule has 0 amide bonds. The Bertz CT molecular complexity index is 2070. The summed E-state index contributed by atoms with van der Waals surface area (Å²) in [6, 6.07) is 34.7. The summed E-state index contributed by atoms with van der Waals surface area (Å²) < 4.78 is 10.7. The van der Waals surface area contributed by atoms with Crippen molar-refractivity contribution in [2.24, 2.45) is 0 Å². The molecule has 0 saturated heterocycles. The molecule has 174 valence electrons. The van der Waals surface area contributed by atoms with Gasteiger partial charge in [0.05, 0.1) is 28.1 Å². The summed E-state index contributed by atoms with van der Waals surface area (Å²) in [5.41, 5.74) is 9.42. The van der Waals surface area contributed by atoms with E-state index in [1.807, 2.05) is 66.9 Å². The third-order valence-corrected chi connectivity index (χ3v) is 6.85. The topological polar surface area (TPSA) is 61.2 Å². The minimum Gasteiger partial charge on any atom is -0.437 e. The summed E-state index contributed by atoms with van der Waals surface area (Å²) in [4.78, 5) is 14.2. The monoisotopic (exact) mass is 477 g/mol. The fourth-order valence-electron chi connectivity index (χ4n) is 5.14. The van der Waals surface area contributed by atoms with Crippen LogP contribution in [0.15, 0.2) is 120 Å². The van der Waals surface area contributed by atoms with Crippen LogP contribution in [-0.2, 0) is 0 Å². The van der Waals surface area contributed by atoms with Gasteiger partial charge in [0.25, 0.3) is 0 Å². The van der Waals surface area contributed by atoms with Gasteiger partial charge in [-0.15, -0.1) is 0 Å². The largest absolute Gasteiger partial charge is 0.437 e. The molecule has 0 atom stereocenters. The Balaban J connectivity index is 1.35. The molecule has 0 aliphatic heterocycles. The second-order valence-electron chi connectivity index (χ2n) is 9.02. The molecule has 0 fully saturated rings. The van der Waals surface area contributed by atoms with Crippen molar-refractivity contribution in [3.05, 3.63) is 116 Å². The van der Waals surface area contributed by atoms with Gasteiger partial charge < -0.3 is 4.42 Å². The van der Waals surface area contributed by atoms with Gasteiger partial charge in [-0.25, -0.2) is 9.55 Å². The summed E-state index contributed by atoms with van der Waals surface area (Å²) in [5.74, 6) is 0.821. The van der Waals surface area contributed by atoms with Crippen LogP contribution < -0.4 is 0 Å². The molecule has 0 aliphatic rings. The summed E-state index contributed by atoms with van der Waals surface area (Å²) in [5, 5.41) is 1.06. The summed E-state index contributed by atoms with van der Waals surface area (Å²) >= 11 is 0. The molecule has 0 saturated carbocycles. The molecule has 0 spiro atoms. The van der Waals surface area contributed by atoms with Crippen LogP contribution in [0.5, 0.6) is 0 Å². The minimum absolute atomic E-state index is 0.787. The predicted octanol–water partition coefficient (Wildman–Crippen LogP) is 7.30. The number of furan rings is 1. The zero-order valence-electron chi connectivity index (χ0n) is 19.6. The van der Waals surface area contributed by atoms with E-state index in [2.05, 4.69) is 61.4 Å². The second-order valence-corrected chi connectivity index (χ2v) is 9.02. The average molecular weight is 478 g/mol. The van der Waals surface area contributed by atoms with E-state index in [1.54, 1.807) is 6.20 Å². The number of rotatable bonds is 3. The maximum Gasteiger partial charge on any atom is 0.232 e. The average Bonchev–Trinajstić information content (AvgIpc) is 3.60. The molecule has 0 aliphatic carbocycles. The molecular formula is C31H19N5O. The van der Waals surface area contributed by atoms with Crippen molar-refractivity contribution in [3.63, 3.8) is 0 Å². The first-order chi connectivity index (χ1) is 18.3. The number of hydrogen-bond acceptors (Lipinski definition) is 4. The van der Waals surface area contributed by atoms with Gasteiger partial charge in [0.15, 0.2) is 0 Å². The van der Waals surface area contributed by atoms with Gasteiger partial charge in [-0.2, -0.15) is 0 Å². The first-order valence-electron chi connectivity index (χ1n) is 12.1. The van der Waals surface area contributed by atoms with Gasteiger partial charge >= 0.3 is 0 Å². The molecule has 0 radical (unpaired) electrons. The number of para-hydroxylation sites is 2. The van der Waals surface area contributed by atoms with Crippen molar-refractivity contribution in [3.8, 4) is 28.2 Å². The van der Waals surface area contributed by atoms with E-state index >= 15 is 0 Å². The molecule has 8 rings (SSSR count). The Hall–Kier alpha value is -5.23. The van der Waals surface area contributed by atoms with Gasteiger partial charge in [-0.05, 0) is 60.2 Å². The van der Waals surface area contributed by atoms with Crippen LogP contribution in [0.4, 0.5) is 0 Å². The van der Waals surface area contributed by atoms with Crippen LogP contribution in [0.25, 0.3) is 67.2 Å². The van der Waals surface area contributed by atoms with E-state index in [0.717, 1.165) is 67.2 Å². The van der Waals surface area contributed by atoms with Crippen molar-refractivity contribution < 1.29 is 4.42 Å². The van der Waals surface area contributed by atoms with E-state index in [4.69, 9.17) is 9.40 Å². The third-order valence-electron chi connectivity index (χ3n) is 6.85. The maximum atomic E-state index is 6.36. The van der Waals surface area contributed by atoms with Gasteiger partial charge in [0.2, 0.25) is 11.5 Å². The van der Waals surface area contributed by atoms with Gasteiger partial charge in [-0.3, -0.25) is 14.4 Å². The maximum absolute atomic E-state index is 6.36. The molecule has 8 aromatic rings. The van der Waals surface area contributed by atoms with E-state index in [9.17, 15) is 0 Å². The van der Waals surface area contributed by atoms with Crippen molar-refractivity contribution in [1.82, 2.24) is 23.9 Å². The minimum atomic E-state index is 0.787. The molecule has 0 N–H and O–H groups in total. The number of pyridine rings is 2.